The lowest BCUT2D eigenvalue weighted by Crippen LogP contribution is -2.36. The Morgan fingerprint density at radius 1 is 1.07 bits per heavy atom. The summed E-state index contributed by atoms with van der Waals surface area (Å²) in [6.07, 6.45) is 6.93. The van der Waals surface area contributed by atoms with E-state index in [1.54, 1.807) is 21.3 Å². The fourth-order valence-electron chi connectivity index (χ4n) is 3.35. The normalized spacial score (nSPS) is 14.0. The van der Waals surface area contributed by atoms with Gasteiger partial charge in [0.05, 0.1) is 14.2 Å². The summed E-state index contributed by atoms with van der Waals surface area (Å²) in [6, 6.07) is 9.73. The third-order valence-corrected chi connectivity index (χ3v) is 5.01. The molecule has 8 heteroatoms. The fourth-order valence-corrected chi connectivity index (χ4v) is 3.35. The van der Waals surface area contributed by atoms with E-state index in [-0.39, 0.29) is 24.0 Å². The summed E-state index contributed by atoms with van der Waals surface area (Å²) in [7, 11) is 5.04. The summed E-state index contributed by atoms with van der Waals surface area (Å²) in [4.78, 5) is 8.70. The second-order valence-corrected chi connectivity index (χ2v) is 6.99. The lowest BCUT2D eigenvalue weighted by atomic mass is 10.2. The molecule has 1 aromatic heterocycles. The first-order chi connectivity index (χ1) is 14.2. The van der Waals surface area contributed by atoms with E-state index in [0.717, 1.165) is 35.5 Å². The third kappa shape index (κ3) is 6.93. The summed E-state index contributed by atoms with van der Waals surface area (Å²) in [5, 5.41) is 6.60. The van der Waals surface area contributed by atoms with Crippen molar-refractivity contribution in [3.8, 4) is 17.4 Å². The first-order valence-electron chi connectivity index (χ1n) is 9.99. The maximum atomic E-state index is 5.91. The van der Waals surface area contributed by atoms with Crippen LogP contribution in [-0.2, 0) is 13.1 Å². The van der Waals surface area contributed by atoms with E-state index in [0.29, 0.717) is 31.0 Å². The molecule has 164 valence electrons. The van der Waals surface area contributed by atoms with Crippen molar-refractivity contribution in [3.05, 3.63) is 47.7 Å². The van der Waals surface area contributed by atoms with Gasteiger partial charge in [-0.1, -0.05) is 6.07 Å². The number of halogens is 1. The van der Waals surface area contributed by atoms with Crippen molar-refractivity contribution in [2.45, 2.75) is 44.9 Å². The zero-order chi connectivity index (χ0) is 20.5. The maximum absolute atomic E-state index is 5.91. The summed E-state index contributed by atoms with van der Waals surface area (Å²) < 4.78 is 16.6. The third-order valence-electron chi connectivity index (χ3n) is 5.01. The molecule has 0 bridgehead atoms. The van der Waals surface area contributed by atoms with Crippen molar-refractivity contribution in [1.82, 2.24) is 15.6 Å². The fraction of sp³-hybridized carbons (Fsp3) is 0.455. The summed E-state index contributed by atoms with van der Waals surface area (Å²) in [5.41, 5.74) is 2.08. The molecule has 1 saturated carbocycles. The number of ether oxygens (including phenoxy) is 3. The Balaban J connectivity index is 0.00000320. The molecule has 0 unspecified atom stereocenters. The molecule has 0 saturated heterocycles. The smallest absolute Gasteiger partial charge is 0.213 e. The molecule has 0 radical (unpaired) electrons. The number of methoxy groups -OCH3 is 2. The Labute approximate surface area is 195 Å². The van der Waals surface area contributed by atoms with Crippen LogP contribution in [0.3, 0.4) is 0 Å². The van der Waals surface area contributed by atoms with Gasteiger partial charge in [-0.3, -0.25) is 4.99 Å². The van der Waals surface area contributed by atoms with Crippen LogP contribution in [0.25, 0.3) is 0 Å². The molecule has 0 aliphatic heterocycles. The average molecular weight is 526 g/mol. The van der Waals surface area contributed by atoms with Gasteiger partial charge in [0.25, 0.3) is 0 Å². The minimum atomic E-state index is 0. The Bertz CT molecular complexity index is 809. The summed E-state index contributed by atoms with van der Waals surface area (Å²) in [5.74, 6) is 2.94. The topological polar surface area (TPSA) is 77.0 Å². The van der Waals surface area contributed by atoms with Gasteiger partial charge in [0.15, 0.2) is 5.96 Å². The van der Waals surface area contributed by atoms with Gasteiger partial charge in [-0.2, -0.15) is 0 Å². The van der Waals surface area contributed by atoms with Crippen LogP contribution >= 0.6 is 24.0 Å². The Kier molecular flexibility index (Phi) is 9.99. The van der Waals surface area contributed by atoms with Gasteiger partial charge in [0.2, 0.25) is 5.88 Å². The van der Waals surface area contributed by atoms with E-state index in [1.807, 2.05) is 36.5 Å². The van der Waals surface area contributed by atoms with Crippen LogP contribution in [0.15, 0.2) is 41.5 Å². The highest BCUT2D eigenvalue weighted by atomic mass is 127. The molecule has 1 aliphatic rings. The molecule has 30 heavy (non-hydrogen) atoms. The monoisotopic (exact) mass is 526 g/mol. The van der Waals surface area contributed by atoms with Gasteiger partial charge in [-0.05, 0) is 43.4 Å². The number of nitrogens with one attached hydrogen (secondary N) is 2. The minimum Gasteiger partial charge on any atom is -0.497 e. The molecule has 3 rings (SSSR count). The molecule has 1 aliphatic carbocycles. The molecule has 1 heterocycles. The van der Waals surface area contributed by atoms with E-state index >= 15 is 0 Å². The van der Waals surface area contributed by atoms with Crippen molar-refractivity contribution in [1.29, 1.82) is 0 Å². The molecule has 7 nitrogen and oxygen atoms in total. The van der Waals surface area contributed by atoms with Gasteiger partial charge >= 0.3 is 0 Å². The van der Waals surface area contributed by atoms with E-state index in [1.165, 1.54) is 12.8 Å². The number of aromatic nitrogens is 1. The first kappa shape index (κ1) is 24.0. The number of benzene rings is 1. The molecule has 0 amide bonds. The van der Waals surface area contributed by atoms with Crippen LogP contribution in [0, 0.1) is 0 Å². The highest BCUT2D eigenvalue weighted by molar-refractivity contribution is 14.0. The molecule has 0 atom stereocenters. The van der Waals surface area contributed by atoms with Crippen LogP contribution in [0.1, 0.15) is 36.8 Å². The van der Waals surface area contributed by atoms with Crippen LogP contribution < -0.4 is 24.8 Å². The van der Waals surface area contributed by atoms with Crippen molar-refractivity contribution < 1.29 is 14.2 Å². The van der Waals surface area contributed by atoms with E-state index in [2.05, 4.69) is 20.6 Å². The van der Waals surface area contributed by atoms with Gasteiger partial charge in [0, 0.05) is 44.0 Å². The molecule has 1 fully saturated rings. The van der Waals surface area contributed by atoms with E-state index in [4.69, 9.17) is 14.2 Å². The predicted octanol–water partition coefficient (Wildman–Crippen LogP) is 3.90. The molecule has 0 spiro atoms. The van der Waals surface area contributed by atoms with E-state index < -0.39 is 0 Å². The average Bonchev–Trinajstić information content (AvgIpc) is 3.28. The van der Waals surface area contributed by atoms with Crippen LogP contribution in [0.5, 0.6) is 17.4 Å². The van der Waals surface area contributed by atoms with Gasteiger partial charge in [0.1, 0.15) is 17.6 Å². The molecular weight excluding hydrogens is 495 g/mol. The van der Waals surface area contributed by atoms with Crippen molar-refractivity contribution in [2.24, 2.45) is 4.99 Å². The highest BCUT2D eigenvalue weighted by Crippen LogP contribution is 2.24. The number of hydrogen-bond acceptors (Lipinski definition) is 5. The SMILES string of the molecule is CN=C(NCc1ccc(OC2CCCC2)nc1)NCc1ccc(OC)cc1OC.I. The standard InChI is InChI=1S/C22H30N4O3.HI/c1-23-22(26-15-17-9-10-19(27-2)12-20(17)28-3)25-14-16-8-11-21(24-13-16)29-18-6-4-5-7-18;/h8-13,18H,4-7,14-15H2,1-3H3,(H2,23,25,26);1H. The number of pyridine rings is 1. The van der Waals surface area contributed by atoms with Crippen molar-refractivity contribution >= 4 is 29.9 Å². The second kappa shape index (κ2) is 12.5. The zero-order valence-electron chi connectivity index (χ0n) is 17.8. The highest BCUT2D eigenvalue weighted by Gasteiger charge is 2.16. The maximum Gasteiger partial charge on any atom is 0.213 e. The largest absolute Gasteiger partial charge is 0.497 e. The quantitative estimate of drug-likeness (QED) is 0.309. The predicted molar refractivity (Wildman–Crippen MR) is 129 cm³/mol. The van der Waals surface area contributed by atoms with Crippen molar-refractivity contribution in [2.75, 3.05) is 21.3 Å². The molecule has 2 N–H and O–H groups in total. The number of nitrogens with zero attached hydrogens (tertiary/aromatic N) is 2. The molecule has 1 aromatic carbocycles. The van der Waals surface area contributed by atoms with Crippen molar-refractivity contribution in [3.63, 3.8) is 0 Å². The molecule has 2 aromatic rings. The first-order valence-corrected chi connectivity index (χ1v) is 9.99. The van der Waals surface area contributed by atoms with Crippen LogP contribution in [0.4, 0.5) is 0 Å². The summed E-state index contributed by atoms with van der Waals surface area (Å²) in [6.45, 7) is 1.20. The molecular formula is C22H31IN4O3. The summed E-state index contributed by atoms with van der Waals surface area (Å²) >= 11 is 0. The number of hydrogen-bond donors (Lipinski definition) is 2. The Hall–Kier alpha value is -2.23. The van der Waals surface area contributed by atoms with E-state index in [9.17, 15) is 0 Å². The number of rotatable bonds is 8. The van der Waals surface area contributed by atoms with Gasteiger partial charge in [-0.25, -0.2) is 4.98 Å². The zero-order valence-corrected chi connectivity index (χ0v) is 20.1. The van der Waals surface area contributed by atoms with Crippen LogP contribution in [0.2, 0.25) is 0 Å². The lowest BCUT2D eigenvalue weighted by molar-refractivity contribution is 0.201. The number of guanidine groups is 1. The van der Waals surface area contributed by atoms with Crippen LogP contribution in [-0.4, -0.2) is 38.3 Å². The Morgan fingerprint density at radius 2 is 1.83 bits per heavy atom. The number of aliphatic imine (C=N–C) groups is 1. The van der Waals surface area contributed by atoms with Gasteiger partial charge < -0.3 is 24.8 Å². The lowest BCUT2D eigenvalue weighted by Gasteiger charge is -2.15. The minimum absolute atomic E-state index is 0. The Morgan fingerprint density at radius 3 is 2.47 bits per heavy atom. The second-order valence-electron chi connectivity index (χ2n) is 6.99. The van der Waals surface area contributed by atoms with Gasteiger partial charge in [-0.15, -0.1) is 24.0 Å².